The highest BCUT2D eigenvalue weighted by Crippen LogP contribution is 2.36. The third-order valence-electron chi connectivity index (χ3n) is 8.03. The van der Waals surface area contributed by atoms with Crippen LogP contribution in [0.3, 0.4) is 0 Å². The molecule has 0 amide bonds. The van der Waals surface area contributed by atoms with Crippen LogP contribution in [-0.2, 0) is 26.2 Å². The van der Waals surface area contributed by atoms with E-state index in [-0.39, 0.29) is 19.4 Å². The first-order chi connectivity index (χ1) is 21.7. The molecule has 1 aromatic heterocycles. The Labute approximate surface area is 256 Å². The first-order valence-electron chi connectivity index (χ1n) is 15.1. The molecule has 0 aliphatic carbocycles. The number of aromatic nitrogens is 2. The van der Waals surface area contributed by atoms with Gasteiger partial charge in [-0.25, -0.2) is 9.37 Å². The number of hydrogen-bond acceptors (Lipinski definition) is 6. The van der Waals surface area contributed by atoms with Gasteiger partial charge in [0.25, 0.3) is 0 Å². The number of benzene rings is 4. The molecule has 0 N–H and O–H groups in total. The molecule has 5 aromatic rings. The van der Waals surface area contributed by atoms with Gasteiger partial charge in [0.1, 0.15) is 11.6 Å². The fourth-order valence-corrected chi connectivity index (χ4v) is 5.85. The van der Waals surface area contributed by atoms with E-state index in [1.807, 2.05) is 54.6 Å². The average molecular weight is 592 g/mol. The lowest BCUT2D eigenvalue weighted by Gasteiger charge is -2.25. The number of fused-ring (bicyclic) bond motifs is 2. The van der Waals surface area contributed by atoms with Crippen LogP contribution in [0.5, 0.6) is 23.0 Å². The number of unbranched alkanes of at least 4 members (excludes halogenated alkanes) is 1. The Kier molecular flexibility index (Phi) is 7.90. The summed E-state index contributed by atoms with van der Waals surface area (Å²) in [6.07, 6.45) is 1.95. The molecule has 0 radical (unpaired) electrons. The van der Waals surface area contributed by atoms with E-state index in [1.54, 1.807) is 6.07 Å². The number of nitrogens with zero attached hydrogens (tertiary/aromatic N) is 3. The lowest BCUT2D eigenvalue weighted by Crippen LogP contribution is -2.24. The van der Waals surface area contributed by atoms with Gasteiger partial charge in [-0.15, -0.1) is 0 Å². The topological polar surface area (TPSA) is 58.0 Å². The van der Waals surface area contributed by atoms with Crippen molar-refractivity contribution in [2.45, 2.75) is 45.9 Å². The molecule has 4 aromatic carbocycles. The summed E-state index contributed by atoms with van der Waals surface area (Å²) in [5, 5.41) is 0. The van der Waals surface area contributed by atoms with Crippen LogP contribution < -0.4 is 18.9 Å². The van der Waals surface area contributed by atoms with Crippen LogP contribution in [0, 0.1) is 5.82 Å². The first-order valence-corrected chi connectivity index (χ1v) is 15.1. The van der Waals surface area contributed by atoms with Crippen LogP contribution in [0.2, 0.25) is 0 Å². The maximum absolute atomic E-state index is 15.3. The Morgan fingerprint density at radius 3 is 1.98 bits per heavy atom. The molecule has 0 bridgehead atoms. The molecule has 7 rings (SSSR count). The Balaban J connectivity index is 1.32. The third kappa shape index (κ3) is 5.73. The van der Waals surface area contributed by atoms with Crippen molar-refractivity contribution in [2.24, 2.45) is 0 Å². The van der Waals surface area contributed by atoms with Crippen molar-refractivity contribution in [3.05, 3.63) is 114 Å². The molecule has 8 heteroatoms. The van der Waals surface area contributed by atoms with Crippen LogP contribution in [0.15, 0.2) is 91.0 Å². The van der Waals surface area contributed by atoms with E-state index in [2.05, 4.69) is 40.7 Å². The summed E-state index contributed by atoms with van der Waals surface area (Å²) in [5.74, 6) is 3.40. The molecule has 0 saturated heterocycles. The van der Waals surface area contributed by atoms with Crippen LogP contribution in [0.25, 0.3) is 22.6 Å². The second-order valence-electron chi connectivity index (χ2n) is 11.1. The van der Waals surface area contributed by atoms with Gasteiger partial charge in [0, 0.05) is 31.7 Å². The molecule has 3 heterocycles. The van der Waals surface area contributed by atoms with Gasteiger partial charge in [0.05, 0.1) is 17.0 Å². The minimum atomic E-state index is -0.279. The predicted molar refractivity (Wildman–Crippen MR) is 166 cm³/mol. The zero-order chi connectivity index (χ0) is 29.9. The van der Waals surface area contributed by atoms with Crippen LogP contribution >= 0.6 is 0 Å². The molecule has 0 saturated carbocycles. The van der Waals surface area contributed by atoms with Gasteiger partial charge < -0.3 is 23.5 Å². The number of rotatable bonds is 11. The quantitative estimate of drug-likeness (QED) is 0.156. The van der Waals surface area contributed by atoms with Gasteiger partial charge in [0.2, 0.25) is 13.6 Å². The molecule has 2 aliphatic heterocycles. The van der Waals surface area contributed by atoms with Gasteiger partial charge in [0.15, 0.2) is 23.0 Å². The third-order valence-corrected chi connectivity index (χ3v) is 8.03. The largest absolute Gasteiger partial charge is 0.454 e. The number of hydrogen-bond donors (Lipinski definition) is 0. The molecular formula is C36H34FN3O4. The maximum Gasteiger partial charge on any atom is 0.231 e. The lowest BCUT2D eigenvalue weighted by molar-refractivity contribution is 0.173. The molecule has 0 fully saturated rings. The summed E-state index contributed by atoms with van der Waals surface area (Å²) in [6.45, 7) is 5.24. The molecular weight excluding hydrogens is 557 g/mol. The highest BCUT2D eigenvalue weighted by molar-refractivity contribution is 5.68. The Bertz CT molecular complexity index is 1710. The van der Waals surface area contributed by atoms with E-state index < -0.39 is 0 Å². The summed E-state index contributed by atoms with van der Waals surface area (Å²) >= 11 is 0. The maximum atomic E-state index is 15.3. The smallest absolute Gasteiger partial charge is 0.231 e. The normalized spacial score (nSPS) is 13.2. The van der Waals surface area contributed by atoms with E-state index in [0.29, 0.717) is 31.0 Å². The highest BCUT2D eigenvalue weighted by atomic mass is 19.1. The molecule has 0 atom stereocenters. The van der Waals surface area contributed by atoms with Crippen molar-refractivity contribution in [2.75, 3.05) is 13.6 Å². The standard InChI is InChI=1S/C36H34FN3O4/c1-2-3-17-40-30(35(27-9-5-4-6-10-27)38-36(40)28-11-7-8-12-29(28)37)22-39(20-25-13-15-31-33(18-25)43-23-41-31)21-26-14-16-32-34(19-26)44-24-42-32/h4-16,18-19H,2-3,17,20-24H2,1H3. The lowest BCUT2D eigenvalue weighted by atomic mass is 10.1. The first kappa shape index (κ1) is 28.0. The van der Waals surface area contributed by atoms with Crippen molar-refractivity contribution in [1.82, 2.24) is 14.5 Å². The predicted octanol–water partition coefficient (Wildman–Crippen LogP) is 7.82. The average Bonchev–Trinajstić information content (AvgIpc) is 3.79. The van der Waals surface area contributed by atoms with E-state index >= 15 is 4.39 Å². The van der Waals surface area contributed by atoms with Gasteiger partial charge in [-0.1, -0.05) is 67.9 Å². The zero-order valence-corrected chi connectivity index (χ0v) is 24.7. The van der Waals surface area contributed by atoms with Crippen molar-refractivity contribution >= 4 is 0 Å². The van der Waals surface area contributed by atoms with Crippen molar-refractivity contribution in [1.29, 1.82) is 0 Å². The second kappa shape index (κ2) is 12.4. The minimum absolute atomic E-state index is 0.232. The highest BCUT2D eigenvalue weighted by Gasteiger charge is 2.24. The summed E-state index contributed by atoms with van der Waals surface area (Å²) in [6, 6.07) is 29.3. The number of halogens is 1. The molecule has 44 heavy (non-hydrogen) atoms. The van der Waals surface area contributed by atoms with E-state index in [1.165, 1.54) is 6.07 Å². The van der Waals surface area contributed by atoms with Crippen LogP contribution in [0.4, 0.5) is 4.39 Å². The Hall–Kier alpha value is -4.82. The van der Waals surface area contributed by atoms with Gasteiger partial charge in [-0.2, -0.15) is 0 Å². The Morgan fingerprint density at radius 1 is 0.727 bits per heavy atom. The van der Waals surface area contributed by atoms with E-state index in [0.717, 1.165) is 70.5 Å². The summed E-state index contributed by atoms with van der Waals surface area (Å²) < 4.78 is 40.0. The van der Waals surface area contributed by atoms with Crippen molar-refractivity contribution in [3.63, 3.8) is 0 Å². The monoisotopic (exact) mass is 591 g/mol. The summed E-state index contributed by atoms with van der Waals surface area (Å²) in [7, 11) is 0. The molecule has 0 spiro atoms. The molecule has 2 aliphatic rings. The van der Waals surface area contributed by atoms with Crippen molar-refractivity contribution in [3.8, 4) is 45.6 Å². The zero-order valence-electron chi connectivity index (χ0n) is 24.7. The van der Waals surface area contributed by atoms with Crippen LogP contribution in [-0.4, -0.2) is 28.0 Å². The fourth-order valence-electron chi connectivity index (χ4n) is 5.85. The minimum Gasteiger partial charge on any atom is -0.454 e. The fraction of sp³-hybridized carbons (Fsp3) is 0.250. The summed E-state index contributed by atoms with van der Waals surface area (Å²) in [4.78, 5) is 7.53. The summed E-state index contributed by atoms with van der Waals surface area (Å²) in [5.41, 5.74) is 5.62. The van der Waals surface area contributed by atoms with Gasteiger partial charge >= 0.3 is 0 Å². The molecule has 7 nitrogen and oxygen atoms in total. The number of ether oxygens (including phenoxy) is 4. The van der Waals surface area contributed by atoms with E-state index in [4.69, 9.17) is 23.9 Å². The SMILES string of the molecule is CCCCn1c(-c2ccccc2F)nc(-c2ccccc2)c1CN(Cc1ccc2c(c1)OCO2)Cc1ccc2c(c1)OCO2. The molecule has 0 unspecified atom stereocenters. The van der Waals surface area contributed by atoms with Crippen LogP contribution in [0.1, 0.15) is 36.6 Å². The Morgan fingerprint density at radius 2 is 1.34 bits per heavy atom. The van der Waals surface area contributed by atoms with Gasteiger partial charge in [-0.3, -0.25) is 4.90 Å². The number of imidazole rings is 1. The van der Waals surface area contributed by atoms with E-state index in [9.17, 15) is 0 Å². The van der Waals surface area contributed by atoms with Crippen molar-refractivity contribution < 1.29 is 23.3 Å². The molecule has 224 valence electrons. The second-order valence-corrected chi connectivity index (χ2v) is 11.1. The van der Waals surface area contributed by atoms with Gasteiger partial charge in [-0.05, 0) is 53.9 Å².